The lowest BCUT2D eigenvalue weighted by atomic mass is 10.2. The molecular weight excluding hydrogens is 513 g/mol. The third-order valence-corrected chi connectivity index (χ3v) is 6.34. The van der Waals surface area contributed by atoms with E-state index in [0.717, 1.165) is 4.47 Å². The fraction of sp³-hybridized carbons (Fsp3) is 0.211. The molecule has 0 spiro atoms. The zero-order chi connectivity index (χ0) is 20.3. The number of nitrogens with zero attached hydrogens (tertiary/aromatic N) is 2. The first-order valence-electron chi connectivity index (χ1n) is 8.45. The van der Waals surface area contributed by atoms with Crippen LogP contribution in [0.5, 0.6) is 0 Å². The highest BCUT2D eigenvalue weighted by molar-refractivity contribution is 9.10. The van der Waals surface area contributed by atoms with Crippen molar-refractivity contribution in [1.29, 1.82) is 0 Å². The number of para-hydroxylation sites is 1. The van der Waals surface area contributed by atoms with Gasteiger partial charge in [-0.1, -0.05) is 39.8 Å². The average Bonchev–Trinajstić information content (AvgIpc) is 2.94. The largest absolute Gasteiger partial charge is 0.325 e. The van der Waals surface area contributed by atoms with E-state index in [1.165, 1.54) is 28.8 Å². The summed E-state index contributed by atoms with van der Waals surface area (Å²) < 4.78 is 15.5. The molecule has 1 N–H and O–H groups in total. The SMILES string of the molecule is CCN1C(=O)C(CC(=O)Nc2ccccc2Br)SC1=Nc1ccc(Br)cc1F. The molecule has 0 bridgehead atoms. The van der Waals surface area contributed by atoms with E-state index >= 15 is 0 Å². The average molecular weight is 529 g/mol. The topological polar surface area (TPSA) is 61.8 Å². The Bertz CT molecular complexity index is 955. The van der Waals surface area contributed by atoms with Crippen LogP contribution in [0.4, 0.5) is 15.8 Å². The Labute approximate surface area is 183 Å². The predicted molar refractivity (Wildman–Crippen MR) is 117 cm³/mol. The van der Waals surface area contributed by atoms with Gasteiger partial charge in [-0.15, -0.1) is 0 Å². The zero-order valence-electron chi connectivity index (χ0n) is 14.8. The van der Waals surface area contributed by atoms with Gasteiger partial charge in [0.1, 0.15) is 16.8 Å². The molecule has 146 valence electrons. The van der Waals surface area contributed by atoms with Crippen LogP contribution in [0.2, 0.25) is 0 Å². The van der Waals surface area contributed by atoms with E-state index in [9.17, 15) is 14.0 Å². The second-order valence-electron chi connectivity index (χ2n) is 5.91. The van der Waals surface area contributed by atoms with Crippen molar-refractivity contribution in [3.05, 3.63) is 57.2 Å². The Kier molecular flexibility index (Phi) is 6.90. The van der Waals surface area contributed by atoms with E-state index in [1.807, 2.05) is 25.1 Å². The zero-order valence-corrected chi connectivity index (χ0v) is 18.8. The van der Waals surface area contributed by atoms with Gasteiger partial charge in [-0.25, -0.2) is 9.38 Å². The molecule has 1 atom stereocenters. The summed E-state index contributed by atoms with van der Waals surface area (Å²) in [5.74, 6) is -0.961. The lowest BCUT2D eigenvalue weighted by Gasteiger charge is -2.13. The number of hydrogen-bond acceptors (Lipinski definition) is 4. The van der Waals surface area contributed by atoms with Gasteiger partial charge in [0.2, 0.25) is 11.8 Å². The normalized spacial score (nSPS) is 18.0. The Balaban J connectivity index is 1.75. The van der Waals surface area contributed by atoms with Gasteiger partial charge in [0.25, 0.3) is 0 Å². The summed E-state index contributed by atoms with van der Waals surface area (Å²) in [4.78, 5) is 30.8. The molecule has 1 saturated heterocycles. The number of nitrogens with one attached hydrogen (secondary N) is 1. The number of thioether (sulfide) groups is 1. The van der Waals surface area contributed by atoms with Gasteiger partial charge in [-0.3, -0.25) is 14.5 Å². The van der Waals surface area contributed by atoms with Gasteiger partial charge in [-0.2, -0.15) is 0 Å². The van der Waals surface area contributed by atoms with E-state index in [1.54, 1.807) is 12.1 Å². The standard InChI is InChI=1S/C19H16Br2FN3O2S/c1-2-25-18(27)16(10-17(26)23-14-6-4-3-5-12(14)21)28-19(25)24-15-8-7-11(20)9-13(15)22/h3-9,16H,2,10H2,1H3,(H,23,26). The van der Waals surface area contributed by atoms with Crippen molar-refractivity contribution in [2.75, 3.05) is 11.9 Å². The maximum Gasteiger partial charge on any atom is 0.242 e. The number of halogens is 3. The highest BCUT2D eigenvalue weighted by Crippen LogP contribution is 2.33. The third kappa shape index (κ3) is 4.82. The first-order chi connectivity index (χ1) is 13.4. The Morgan fingerprint density at radius 2 is 2.04 bits per heavy atom. The fourth-order valence-corrected chi connectivity index (χ4v) is 4.55. The van der Waals surface area contributed by atoms with E-state index in [-0.39, 0.29) is 23.9 Å². The number of carbonyl (C=O) groups excluding carboxylic acids is 2. The molecule has 3 rings (SSSR count). The van der Waals surface area contributed by atoms with Crippen molar-refractivity contribution in [2.45, 2.75) is 18.6 Å². The summed E-state index contributed by atoms with van der Waals surface area (Å²) in [7, 11) is 0. The molecule has 0 radical (unpaired) electrons. The Morgan fingerprint density at radius 1 is 1.29 bits per heavy atom. The Morgan fingerprint density at radius 3 is 2.71 bits per heavy atom. The maximum atomic E-state index is 14.1. The van der Waals surface area contributed by atoms with Crippen molar-refractivity contribution in [3.63, 3.8) is 0 Å². The van der Waals surface area contributed by atoms with Crippen LogP contribution in [-0.4, -0.2) is 33.7 Å². The lowest BCUT2D eigenvalue weighted by Crippen LogP contribution is -2.33. The van der Waals surface area contributed by atoms with Crippen LogP contribution in [0.3, 0.4) is 0 Å². The molecular formula is C19H16Br2FN3O2S. The van der Waals surface area contributed by atoms with E-state index in [4.69, 9.17) is 0 Å². The lowest BCUT2D eigenvalue weighted by molar-refractivity contribution is -0.128. The molecule has 2 amide bonds. The molecule has 5 nitrogen and oxygen atoms in total. The molecule has 1 heterocycles. The minimum Gasteiger partial charge on any atom is -0.325 e. The summed E-state index contributed by atoms with van der Waals surface area (Å²) in [5.41, 5.74) is 0.788. The molecule has 9 heteroatoms. The van der Waals surface area contributed by atoms with Crippen molar-refractivity contribution < 1.29 is 14.0 Å². The highest BCUT2D eigenvalue weighted by Gasteiger charge is 2.38. The van der Waals surface area contributed by atoms with Crippen LogP contribution >= 0.6 is 43.6 Å². The number of aliphatic imine (C=N–C) groups is 1. The highest BCUT2D eigenvalue weighted by atomic mass is 79.9. The van der Waals surface area contributed by atoms with Gasteiger partial charge in [0.15, 0.2) is 5.17 Å². The minimum atomic E-state index is -0.598. The van der Waals surface area contributed by atoms with Gasteiger partial charge >= 0.3 is 0 Å². The summed E-state index contributed by atoms with van der Waals surface area (Å²) in [6.45, 7) is 2.21. The second kappa shape index (κ2) is 9.19. The smallest absolute Gasteiger partial charge is 0.242 e. The van der Waals surface area contributed by atoms with E-state index < -0.39 is 11.1 Å². The fourth-order valence-electron chi connectivity index (χ4n) is 2.62. The van der Waals surface area contributed by atoms with Crippen LogP contribution in [0.1, 0.15) is 13.3 Å². The summed E-state index contributed by atoms with van der Waals surface area (Å²) >= 11 is 7.76. The number of amides is 2. The van der Waals surface area contributed by atoms with E-state index in [0.29, 0.717) is 21.9 Å². The minimum absolute atomic E-state index is 0.00315. The molecule has 0 aliphatic carbocycles. The summed E-state index contributed by atoms with van der Waals surface area (Å²) in [6.07, 6.45) is 0.00315. The first kappa shape index (κ1) is 21.0. The molecule has 2 aromatic rings. The van der Waals surface area contributed by atoms with Gasteiger partial charge < -0.3 is 5.32 Å². The van der Waals surface area contributed by atoms with Crippen LogP contribution in [0.25, 0.3) is 0 Å². The van der Waals surface area contributed by atoms with E-state index in [2.05, 4.69) is 42.2 Å². The van der Waals surface area contributed by atoms with Gasteiger partial charge in [-0.05, 0) is 53.2 Å². The summed E-state index contributed by atoms with van der Waals surface area (Å²) in [5, 5.41) is 2.59. The molecule has 1 aliphatic rings. The molecule has 0 aromatic heterocycles. The van der Waals surface area contributed by atoms with Crippen molar-refractivity contribution in [2.24, 2.45) is 4.99 Å². The molecule has 1 unspecified atom stereocenters. The second-order valence-corrected chi connectivity index (χ2v) is 8.85. The number of amidine groups is 1. The van der Waals surface area contributed by atoms with Gasteiger partial charge in [0.05, 0.1) is 5.69 Å². The molecule has 0 saturated carbocycles. The molecule has 1 fully saturated rings. The third-order valence-electron chi connectivity index (χ3n) is 3.98. The van der Waals surface area contributed by atoms with Crippen molar-refractivity contribution >= 4 is 72.0 Å². The Hall–Kier alpha value is -1.71. The predicted octanol–water partition coefficient (Wildman–Crippen LogP) is 5.33. The quantitative estimate of drug-likeness (QED) is 0.570. The monoisotopic (exact) mass is 527 g/mol. The number of benzene rings is 2. The molecule has 1 aliphatic heterocycles. The van der Waals surface area contributed by atoms with Crippen LogP contribution in [0, 0.1) is 5.82 Å². The molecule has 28 heavy (non-hydrogen) atoms. The maximum absolute atomic E-state index is 14.1. The number of rotatable bonds is 5. The van der Waals surface area contributed by atoms with Crippen molar-refractivity contribution in [1.82, 2.24) is 4.90 Å². The van der Waals surface area contributed by atoms with Crippen LogP contribution in [0.15, 0.2) is 56.4 Å². The number of carbonyl (C=O) groups is 2. The van der Waals surface area contributed by atoms with Crippen molar-refractivity contribution in [3.8, 4) is 0 Å². The van der Waals surface area contributed by atoms with Gasteiger partial charge in [0, 0.05) is 21.9 Å². The number of anilines is 1. The number of hydrogen-bond donors (Lipinski definition) is 1. The van der Waals surface area contributed by atoms with Crippen LogP contribution in [-0.2, 0) is 9.59 Å². The molecule has 2 aromatic carbocycles. The summed E-state index contributed by atoms with van der Waals surface area (Å²) in [6, 6.07) is 11.8. The van der Waals surface area contributed by atoms with Crippen LogP contribution < -0.4 is 5.32 Å². The first-order valence-corrected chi connectivity index (χ1v) is 10.9.